The van der Waals surface area contributed by atoms with Gasteiger partial charge in [0.05, 0.1) is 24.1 Å². The summed E-state index contributed by atoms with van der Waals surface area (Å²) < 4.78 is 9.19. The Morgan fingerprint density at radius 2 is 1.58 bits per heavy atom. The summed E-state index contributed by atoms with van der Waals surface area (Å²) in [6, 6.07) is 23.0. The lowest BCUT2D eigenvalue weighted by atomic mass is 10.00. The molecule has 4 rings (SSSR count). The average molecular weight is 561 g/mol. The number of hydrogen-bond acceptors (Lipinski definition) is 2. The van der Waals surface area contributed by atoms with Gasteiger partial charge in [0.15, 0.2) is 3.83 Å². The Hall–Kier alpha value is -1.67. The maximum atomic E-state index is 6.73. The Morgan fingerprint density at radius 3 is 2.23 bits per heavy atom. The fourth-order valence-electron chi connectivity index (χ4n) is 3.37. The number of imidazole rings is 1. The van der Waals surface area contributed by atoms with Crippen molar-refractivity contribution in [3.8, 4) is 22.3 Å². The number of fused-ring (bicyclic) bond motifs is 1. The Balaban J connectivity index is 1.64. The molecule has 0 saturated heterocycles. The van der Waals surface area contributed by atoms with Crippen LogP contribution in [0, 0.1) is 3.83 Å². The summed E-state index contributed by atoms with van der Waals surface area (Å²) >= 11 is 9.00. The molecule has 0 spiro atoms. The first-order valence-corrected chi connectivity index (χ1v) is 15.4. The van der Waals surface area contributed by atoms with Crippen molar-refractivity contribution in [2.24, 2.45) is 0 Å². The van der Waals surface area contributed by atoms with Crippen LogP contribution in [0.3, 0.4) is 0 Å². The highest BCUT2D eigenvalue weighted by atomic mass is 127. The SMILES string of the molecule is CC(OCn1c(I)nc2cc(-c3ccc(-c4ccccc4)cc3)c(Cl)cc21)[Si](C)(C)C. The molecule has 1 heterocycles. The first kappa shape index (κ1) is 22.5. The Morgan fingerprint density at radius 1 is 0.968 bits per heavy atom. The van der Waals surface area contributed by atoms with E-state index in [1.54, 1.807) is 0 Å². The number of aromatic nitrogens is 2. The van der Waals surface area contributed by atoms with Crippen LogP contribution in [0.25, 0.3) is 33.3 Å². The topological polar surface area (TPSA) is 27.1 Å². The predicted molar refractivity (Wildman–Crippen MR) is 142 cm³/mol. The molecule has 0 aliphatic rings. The molecule has 0 amide bonds. The first-order valence-electron chi connectivity index (χ1n) is 10.4. The second kappa shape index (κ2) is 9.06. The Bertz CT molecular complexity index is 1200. The van der Waals surface area contributed by atoms with Gasteiger partial charge in [-0.1, -0.05) is 85.8 Å². The summed E-state index contributed by atoms with van der Waals surface area (Å²) in [7, 11) is -1.36. The van der Waals surface area contributed by atoms with E-state index in [0.717, 1.165) is 31.0 Å². The van der Waals surface area contributed by atoms with E-state index in [-0.39, 0.29) is 5.73 Å². The molecule has 0 N–H and O–H groups in total. The van der Waals surface area contributed by atoms with E-state index in [4.69, 9.17) is 21.3 Å². The second-order valence-corrected chi connectivity index (χ2v) is 15.8. The number of halogens is 2. The van der Waals surface area contributed by atoms with Crippen LogP contribution in [-0.2, 0) is 11.5 Å². The van der Waals surface area contributed by atoms with Crippen LogP contribution in [0.1, 0.15) is 6.92 Å². The monoisotopic (exact) mass is 560 g/mol. The van der Waals surface area contributed by atoms with Crippen LogP contribution < -0.4 is 0 Å². The Labute approximate surface area is 203 Å². The van der Waals surface area contributed by atoms with Crippen LogP contribution in [0.15, 0.2) is 66.7 Å². The lowest BCUT2D eigenvalue weighted by Gasteiger charge is -2.25. The molecule has 3 aromatic carbocycles. The van der Waals surface area contributed by atoms with Gasteiger partial charge in [-0.25, -0.2) is 4.98 Å². The molecular formula is C25H26ClIN2OSi. The zero-order valence-corrected chi connectivity index (χ0v) is 22.1. The number of benzene rings is 3. The van der Waals surface area contributed by atoms with Crippen molar-refractivity contribution in [3.05, 3.63) is 75.6 Å². The molecule has 4 aromatic rings. The van der Waals surface area contributed by atoms with Gasteiger partial charge in [-0.05, 0) is 35.7 Å². The highest BCUT2D eigenvalue weighted by Gasteiger charge is 2.24. The summed E-state index contributed by atoms with van der Waals surface area (Å²) in [5, 5.41) is 0.718. The van der Waals surface area contributed by atoms with E-state index in [2.05, 4.69) is 108 Å². The van der Waals surface area contributed by atoms with Crippen LogP contribution in [0.2, 0.25) is 24.7 Å². The van der Waals surface area contributed by atoms with Gasteiger partial charge in [0.2, 0.25) is 0 Å². The smallest absolute Gasteiger partial charge is 0.174 e. The van der Waals surface area contributed by atoms with Gasteiger partial charge in [0.25, 0.3) is 0 Å². The van der Waals surface area contributed by atoms with E-state index in [0.29, 0.717) is 6.73 Å². The standard InChI is InChI=1S/C25H26ClIN2OSi/c1-17(31(2,3)4)30-16-29-24-15-22(26)21(14-23(24)28-25(29)27)20-12-10-19(11-13-20)18-8-6-5-7-9-18/h5-15,17H,16H2,1-4H3. The molecule has 1 aromatic heterocycles. The summed E-state index contributed by atoms with van der Waals surface area (Å²) in [5.41, 5.74) is 6.66. The summed E-state index contributed by atoms with van der Waals surface area (Å²) in [6.45, 7) is 9.62. The lowest BCUT2D eigenvalue weighted by Crippen LogP contribution is -2.38. The molecule has 0 radical (unpaired) electrons. The normalized spacial score (nSPS) is 13.0. The summed E-state index contributed by atoms with van der Waals surface area (Å²) in [5.74, 6) is 0. The third kappa shape index (κ3) is 4.90. The minimum absolute atomic E-state index is 0.263. The summed E-state index contributed by atoms with van der Waals surface area (Å²) in [4.78, 5) is 4.77. The molecule has 3 nitrogen and oxygen atoms in total. The summed E-state index contributed by atoms with van der Waals surface area (Å²) in [6.07, 6.45) is 0. The molecule has 0 bridgehead atoms. The molecule has 6 heteroatoms. The van der Waals surface area contributed by atoms with Gasteiger partial charge in [-0.15, -0.1) is 0 Å². The number of ether oxygens (including phenoxy) is 1. The fraction of sp³-hybridized carbons (Fsp3) is 0.240. The van der Waals surface area contributed by atoms with E-state index in [1.807, 2.05) is 12.1 Å². The molecule has 160 valence electrons. The quantitative estimate of drug-likeness (QED) is 0.177. The van der Waals surface area contributed by atoms with Gasteiger partial charge in [-0.3, -0.25) is 4.57 Å². The number of rotatable bonds is 6. The largest absolute Gasteiger partial charge is 0.361 e. The Kier molecular flexibility index (Phi) is 6.58. The number of hydrogen-bond donors (Lipinski definition) is 0. The maximum Gasteiger partial charge on any atom is 0.174 e. The van der Waals surface area contributed by atoms with Crippen molar-refractivity contribution < 1.29 is 4.74 Å². The van der Waals surface area contributed by atoms with Crippen molar-refractivity contribution >= 4 is 53.3 Å². The van der Waals surface area contributed by atoms with Gasteiger partial charge < -0.3 is 4.74 Å². The van der Waals surface area contributed by atoms with Crippen LogP contribution in [0.4, 0.5) is 0 Å². The second-order valence-electron chi connectivity index (χ2n) is 8.88. The lowest BCUT2D eigenvalue weighted by molar-refractivity contribution is 0.0575. The van der Waals surface area contributed by atoms with Gasteiger partial charge in [-0.2, -0.15) is 0 Å². The third-order valence-electron chi connectivity index (χ3n) is 5.77. The van der Waals surface area contributed by atoms with Gasteiger partial charge >= 0.3 is 0 Å². The van der Waals surface area contributed by atoms with Crippen molar-refractivity contribution in [1.82, 2.24) is 9.55 Å². The fourth-order valence-corrected chi connectivity index (χ4v) is 4.87. The number of nitrogens with zero attached hydrogens (tertiary/aromatic N) is 2. The molecule has 31 heavy (non-hydrogen) atoms. The molecule has 0 aliphatic heterocycles. The minimum atomic E-state index is -1.36. The van der Waals surface area contributed by atoms with E-state index >= 15 is 0 Å². The van der Waals surface area contributed by atoms with Crippen LogP contribution in [-0.4, -0.2) is 23.4 Å². The van der Waals surface area contributed by atoms with Crippen LogP contribution in [0.5, 0.6) is 0 Å². The van der Waals surface area contributed by atoms with Crippen molar-refractivity contribution in [1.29, 1.82) is 0 Å². The van der Waals surface area contributed by atoms with Gasteiger partial charge in [0, 0.05) is 33.9 Å². The molecular weight excluding hydrogens is 535 g/mol. The van der Waals surface area contributed by atoms with Crippen molar-refractivity contribution in [2.45, 2.75) is 39.0 Å². The molecule has 0 aliphatic carbocycles. The van der Waals surface area contributed by atoms with Crippen molar-refractivity contribution in [3.63, 3.8) is 0 Å². The zero-order valence-electron chi connectivity index (χ0n) is 18.2. The minimum Gasteiger partial charge on any atom is -0.361 e. The van der Waals surface area contributed by atoms with Gasteiger partial charge in [0.1, 0.15) is 6.73 Å². The highest BCUT2D eigenvalue weighted by Crippen LogP contribution is 2.34. The predicted octanol–water partition coefficient (Wildman–Crippen LogP) is 7.87. The highest BCUT2D eigenvalue weighted by molar-refractivity contribution is 14.1. The van der Waals surface area contributed by atoms with E-state index < -0.39 is 8.07 Å². The van der Waals surface area contributed by atoms with E-state index in [9.17, 15) is 0 Å². The first-order chi connectivity index (χ1) is 14.7. The molecule has 0 fully saturated rings. The van der Waals surface area contributed by atoms with Crippen molar-refractivity contribution in [2.75, 3.05) is 0 Å². The average Bonchev–Trinajstić information content (AvgIpc) is 3.05. The maximum absolute atomic E-state index is 6.73. The molecule has 1 unspecified atom stereocenters. The zero-order chi connectivity index (χ0) is 22.2. The molecule has 0 saturated carbocycles. The molecule has 1 atom stereocenters. The van der Waals surface area contributed by atoms with Crippen LogP contribution >= 0.6 is 34.2 Å². The van der Waals surface area contributed by atoms with E-state index in [1.165, 1.54) is 11.1 Å². The third-order valence-corrected chi connectivity index (χ3v) is 9.51.